The number of methoxy groups -OCH3 is 1. The van der Waals surface area contributed by atoms with Crippen LogP contribution in [0.15, 0.2) is 29.6 Å². The minimum atomic E-state index is 0.00625. The summed E-state index contributed by atoms with van der Waals surface area (Å²) in [6.07, 6.45) is 0.296. The Hall–Kier alpha value is -2.08. The second-order valence-corrected chi connectivity index (χ2v) is 5.50. The van der Waals surface area contributed by atoms with E-state index in [1.165, 1.54) is 11.3 Å². The highest BCUT2D eigenvalue weighted by Gasteiger charge is 2.17. The third kappa shape index (κ3) is 3.98. The summed E-state index contributed by atoms with van der Waals surface area (Å²) in [5.41, 5.74) is 0.927. The van der Waals surface area contributed by atoms with Crippen LogP contribution < -0.4 is 14.4 Å². The maximum Gasteiger partial charge on any atom is 0.232 e. The van der Waals surface area contributed by atoms with E-state index in [1.54, 1.807) is 12.0 Å². The summed E-state index contributed by atoms with van der Waals surface area (Å²) in [5, 5.41) is 2.68. The van der Waals surface area contributed by atoms with Crippen molar-refractivity contribution >= 4 is 22.4 Å². The Balaban J connectivity index is 1.91. The molecule has 0 saturated carbocycles. The molecule has 118 valence electrons. The lowest BCUT2D eigenvalue weighted by Gasteiger charge is -2.18. The number of aryl methyl sites for hydroxylation is 1. The number of ether oxygens (including phenoxy) is 2. The van der Waals surface area contributed by atoms with Crippen LogP contribution in [-0.2, 0) is 4.79 Å². The Kier molecular flexibility index (Phi) is 5.77. The minimum Gasteiger partial charge on any atom is -0.493 e. The van der Waals surface area contributed by atoms with Gasteiger partial charge in [0.2, 0.25) is 5.91 Å². The number of anilines is 1. The number of benzene rings is 1. The number of amides is 1. The molecule has 0 aliphatic heterocycles. The summed E-state index contributed by atoms with van der Waals surface area (Å²) >= 11 is 1.48. The number of hydrogen-bond donors (Lipinski definition) is 0. The summed E-state index contributed by atoms with van der Waals surface area (Å²) in [6.45, 7) is 4.76. The molecule has 0 aliphatic rings. The van der Waals surface area contributed by atoms with Crippen LogP contribution in [0.1, 0.15) is 19.0 Å². The zero-order valence-corrected chi connectivity index (χ0v) is 13.9. The molecule has 2 rings (SSSR count). The predicted molar refractivity (Wildman–Crippen MR) is 88.0 cm³/mol. The molecule has 0 unspecified atom stereocenters. The van der Waals surface area contributed by atoms with Crippen LogP contribution in [0, 0.1) is 6.92 Å². The monoisotopic (exact) mass is 320 g/mol. The summed E-state index contributed by atoms with van der Waals surface area (Å²) in [7, 11) is 1.59. The van der Waals surface area contributed by atoms with Gasteiger partial charge in [0.15, 0.2) is 16.6 Å². The van der Waals surface area contributed by atoms with Gasteiger partial charge in [0.1, 0.15) is 0 Å². The maximum absolute atomic E-state index is 12.3. The van der Waals surface area contributed by atoms with Crippen molar-refractivity contribution in [2.75, 3.05) is 25.2 Å². The molecule has 1 aromatic carbocycles. The zero-order chi connectivity index (χ0) is 15.9. The van der Waals surface area contributed by atoms with Crippen LogP contribution in [0.3, 0.4) is 0 Å². The second kappa shape index (κ2) is 7.79. The van der Waals surface area contributed by atoms with Gasteiger partial charge in [-0.3, -0.25) is 9.69 Å². The molecule has 0 aliphatic carbocycles. The van der Waals surface area contributed by atoms with Crippen molar-refractivity contribution in [2.24, 2.45) is 0 Å². The fourth-order valence-corrected chi connectivity index (χ4v) is 2.89. The van der Waals surface area contributed by atoms with Gasteiger partial charge in [-0.15, -0.1) is 11.3 Å². The summed E-state index contributed by atoms with van der Waals surface area (Å²) in [5.74, 6) is 1.32. The Morgan fingerprint density at radius 1 is 1.32 bits per heavy atom. The number of carbonyl (C=O) groups excluding carboxylic acids is 1. The maximum atomic E-state index is 12.3. The minimum absolute atomic E-state index is 0.00625. The lowest BCUT2D eigenvalue weighted by atomic mass is 10.3. The average molecular weight is 320 g/mol. The highest BCUT2D eigenvalue weighted by molar-refractivity contribution is 7.14. The molecule has 0 fully saturated rings. The number of para-hydroxylation sites is 2. The van der Waals surface area contributed by atoms with E-state index in [1.807, 2.05) is 43.5 Å². The van der Waals surface area contributed by atoms with Crippen LogP contribution in [-0.4, -0.2) is 31.2 Å². The molecule has 0 N–H and O–H groups in total. The first kappa shape index (κ1) is 16.3. The van der Waals surface area contributed by atoms with E-state index in [0.29, 0.717) is 31.1 Å². The molecule has 0 radical (unpaired) electrons. The lowest BCUT2D eigenvalue weighted by Crippen LogP contribution is -2.31. The molecule has 1 amide bonds. The first-order chi connectivity index (χ1) is 10.7. The van der Waals surface area contributed by atoms with Crippen molar-refractivity contribution in [3.8, 4) is 11.5 Å². The molecule has 1 aromatic heterocycles. The fourth-order valence-electron chi connectivity index (χ4n) is 2.01. The normalized spacial score (nSPS) is 10.3. The molecule has 0 atom stereocenters. The van der Waals surface area contributed by atoms with Crippen molar-refractivity contribution < 1.29 is 14.3 Å². The van der Waals surface area contributed by atoms with Crippen LogP contribution in [0.4, 0.5) is 5.13 Å². The SMILES string of the molecule is CCN(C(=O)CCOc1ccccc1OC)c1nc(C)cs1. The Morgan fingerprint density at radius 3 is 2.64 bits per heavy atom. The average Bonchev–Trinajstić information content (AvgIpc) is 2.94. The van der Waals surface area contributed by atoms with E-state index in [4.69, 9.17) is 9.47 Å². The van der Waals surface area contributed by atoms with Gasteiger partial charge in [0.25, 0.3) is 0 Å². The largest absolute Gasteiger partial charge is 0.493 e. The molecule has 0 saturated heterocycles. The van der Waals surface area contributed by atoms with E-state index in [0.717, 1.165) is 10.8 Å². The first-order valence-electron chi connectivity index (χ1n) is 7.14. The van der Waals surface area contributed by atoms with Gasteiger partial charge in [0.05, 0.1) is 25.8 Å². The Bertz CT molecular complexity index is 627. The van der Waals surface area contributed by atoms with E-state index in [-0.39, 0.29) is 5.91 Å². The zero-order valence-electron chi connectivity index (χ0n) is 13.0. The van der Waals surface area contributed by atoms with Crippen molar-refractivity contribution in [3.05, 3.63) is 35.3 Å². The molecular formula is C16H20N2O3S. The number of aromatic nitrogens is 1. The predicted octanol–water partition coefficient (Wildman–Crippen LogP) is 3.28. The molecule has 0 bridgehead atoms. The van der Waals surface area contributed by atoms with Gasteiger partial charge in [0, 0.05) is 11.9 Å². The van der Waals surface area contributed by atoms with Gasteiger partial charge < -0.3 is 9.47 Å². The van der Waals surface area contributed by atoms with Crippen molar-refractivity contribution in [3.63, 3.8) is 0 Å². The number of hydrogen-bond acceptors (Lipinski definition) is 5. The van der Waals surface area contributed by atoms with Gasteiger partial charge in [-0.2, -0.15) is 0 Å². The Morgan fingerprint density at radius 2 is 2.05 bits per heavy atom. The van der Waals surface area contributed by atoms with E-state index in [2.05, 4.69) is 4.98 Å². The second-order valence-electron chi connectivity index (χ2n) is 4.66. The topological polar surface area (TPSA) is 51.7 Å². The summed E-state index contributed by atoms with van der Waals surface area (Å²) in [4.78, 5) is 18.4. The fraction of sp³-hybridized carbons (Fsp3) is 0.375. The van der Waals surface area contributed by atoms with Crippen LogP contribution in [0.25, 0.3) is 0 Å². The first-order valence-corrected chi connectivity index (χ1v) is 8.02. The van der Waals surface area contributed by atoms with Crippen molar-refractivity contribution in [1.82, 2.24) is 4.98 Å². The molecule has 1 heterocycles. The van der Waals surface area contributed by atoms with E-state index in [9.17, 15) is 4.79 Å². The van der Waals surface area contributed by atoms with Crippen molar-refractivity contribution in [1.29, 1.82) is 0 Å². The van der Waals surface area contributed by atoms with E-state index < -0.39 is 0 Å². The summed E-state index contributed by atoms with van der Waals surface area (Å²) < 4.78 is 10.9. The van der Waals surface area contributed by atoms with Crippen LogP contribution in [0.2, 0.25) is 0 Å². The van der Waals surface area contributed by atoms with Gasteiger partial charge in [-0.05, 0) is 26.0 Å². The number of carbonyl (C=O) groups is 1. The van der Waals surface area contributed by atoms with Gasteiger partial charge >= 0.3 is 0 Å². The third-order valence-electron chi connectivity index (χ3n) is 3.10. The molecule has 22 heavy (non-hydrogen) atoms. The smallest absolute Gasteiger partial charge is 0.232 e. The summed E-state index contributed by atoms with van der Waals surface area (Å²) in [6, 6.07) is 7.40. The molecule has 6 heteroatoms. The third-order valence-corrected chi connectivity index (χ3v) is 4.08. The van der Waals surface area contributed by atoms with Crippen LogP contribution in [0.5, 0.6) is 11.5 Å². The lowest BCUT2D eigenvalue weighted by molar-refractivity contribution is -0.119. The number of nitrogens with zero attached hydrogens (tertiary/aromatic N) is 2. The molecular weight excluding hydrogens is 300 g/mol. The van der Waals surface area contributed by atoms with E-state index >= 15 is 0 Å². The number of rotatable bonds is 7. The van der Waals surface area contributed by atoms with Crippen molar-refractivity contribution in [2.45, 2.75) is 20.3 Å². The molecule has 2 aromatic rings. The molecule has 0 spiro atoms. The molecule has 5 nitrogen and oxygen atoms in total. The van der Waals surface area contributed by atoms with Gasteiger partial charge in [-0.25, -0.2) is 4.98 Å². The quantitative estimate of drug-likeness (QED) is 0.785. The Labute approximate surface area is 134 Å². The number of thiazole rings is 1. The van der Waals surface area contributed by atoms with Crippen LogP contribution >= 0.6 is 11.3 Å². The highest BCUT2D eigenvalue weighted by atomic mass is 32.1. The van der Waals surface area contributed by atoms with Gasteiger partial charge in [-0.1, -0.05) is 12.1 Å². The highest BCUT2D eigenvalue weighted by Crippen LogP contribution is 2.26. The standard InChI is InChI=1S/C16H20N2O3S/c1-4-18(16-17-12(2)11-22-16)15(19)9-10-21-14-8-6-5-7-13(14)20-3/h5-8,11H,4,9-10H2,1-3H3.